The molecular formula is C13H20ClN3O2S. The van der Waals surface area contributed by atoms with Crippen LogP contribution < -0.4 is 10.0 Å². The Labute approximate surface area is 125 Å². The molecule has 0 bridgehead atoms. The highest BCUT2D eigenvalue weighted by molar-refractivity contribution is 7.89. The SMILES string of the molecule is O=S(=O)(NCCCN1CCNCC1)c1cccc(Cl)c1. The molecule has 1 fully saturated rings. The van der Waals surface area contributed by atoms with E-state index in [1.54, 1.807) is 18.2 Å². The molecule has 1 aromatic rings. The largest absolute Gasteiger partial charge is 0.314 e. The summed E-state index contributed by atoms with van der Waals surface area (Å²) < 4.78 is 26.7. The molecule has 1 aliphatic rings. The van der Waals surface area contributed by atoms with Gasteiger partial charge in [-0.15, -0.1) is 0 Å². The molecule has 0 radical (unpaired) electrons. The Hall–Kier alpha value is -0.660. The molecule has 112 valence electrons. The summed E-state index contributed by atoms with van der Waals surface area (Å²) in [6.07, 6.45) is 0.805. The number of nitrogens with one attached hydrogen (secondary N) is 2. The number of sulfonamides is 1. The van der Waals surface area contributed by atoms with Crippen molar-refractivity contribution in [1.82, 2.24) is 14.9 Å². The average Bonchev–Trinajstić information content (AvgIpc) is 2.45. The van der Waals surface area contributed by atoms with E-state index in [9.17, 15) is 8.42 Å². The summed E-state index contributed by atoms with van der Waals surface area (Å²) in [6, 6.07) is 6.30. The minimum Gasteiger partial charge on any atom is -0.314 e. The molecule has 0 atom stereocenters. The van der Waals surface area contributed by atoms with Gasteiger partial charge in [0.2, 0.25) is 10.0 Å². The molecule has 0 spiro atoms. The first-order chi connectivity index (χ1) is 9.58. The summed E-state index contributed by atoms with van der Waals surface area (Å²) >= 11 is 5.81. The van der Waals surface area contributed by atoms with Gasteiger partial charge in [-0.25, -0.2) is 13.1 Å². The quantitative estimate of drug-likeness (QED) is 0.766. The number of rotatable bonds is 6. The molecule has 2 N–H and O–H groups in total. The molecule has 5 nitrogen and oxygen atoms in total. The molecule has 20 heavy (non-hydrogen) atoms. The maximum Gasteiger partial charge on any atom is 0.240 e. The molecule has 0 unspecified atom stereocenters. The van der Waals surface area contributed by atoms with Crippen molar-refractivity contribution in [1.29, 1.82) is 0 Å². The van der Waals surface area contributed by atoms with Crippen LogP contribution in [0.2, 0.25) is 5.02 Å². The van der Waals surface area contributed by atoms with Gasteiger partial charge in [-0.1, -0.05) is 17.7 Å². The van der Waals surface area contributed by atoms with E-state index in [1.807, 2.05) is 0 Å². The van der Waals surface area contributed by atoms with E-state index < -0.39 is 10.0 Å². The van der Waals surface area contributed by atoms with Crippen LogP contribution in [0.4, 0.5) is 0 Å². The molecule has 2 rings (SSSR count). The van der Waals surface area contributed by atoms with Crippen LogP contribution in [0.1, 0.15) is 6.42 Å². The topological polar surface area (TPSA) is 61.4 Å². The van der Waals surface area contributed by atoms with E-state index >= 15 is 0 Å². The zero-order valence-electron chi connectivity index (χ0n) is 11.3. The lowest BCUT2D eigenvalue weighted by molar-refractivity contribution is 0.239. The Morgan fingerprint density at radius 3 is 2.75 bits per heavy atom. The summed E-state index contributed by atoms with van der Waals surface area (Å²) in [6.45, 7) is 5.43. The Morgan fingerprint density at radius 2 is 2.05 bits per heavy atom. The molecule has 1 saturated heterocycles. The number of hydrogen-bond acceptors (Lipinski definition) is 4. The van der Waals surface area contributed by atoms with Crippen LogP contribution in [0.15, 0.2) is 29.2 Å². The normalized spacial score (nSPS) is 17.2. The standard InChI is InChI=1S/C13H20ClN3O2S/c14-12-3-1-4-13(11-12)20(18,19)16-5-2-8-17-9-6-15-7-10-17/h1,3-4,11,15-16H,2,5-10H2. The predicted molar refractivity (Wildman–Crippen MR) is 80.6 cm³/mol. The fourth-order valence-electron chi connectivity index (χ4n) is 2.16. The summed E-state index contributed by atoms with van der Waals surface area (Å²) in [4.78, 5) is 2.55. The predicted octanol–water partition coefficient (Wildman–Crippen LogP) is 0.914. The maximum absolute atomic E-state index is 12.0. The fraction of sp³-hybridized carbons (Fsp3) is 0.538. The average molecular weight is 318 g/mol. The lowest BCUT2D eigenvalue weighted by atomic mass is 10.3. The Kier molecular flexibility index (Phi) is 5.80. The third kappa shape index (κ3) is 4.71. The second kappa shape index (κ2) is 7.38. The molecule has 1 aromatic carbocycles. The van der Waals surface area contributed by atoms with Crippen molar-refractivity contribution in [3.05, 3.63) is 29.3 Å². The third-order valence-corrected chi connectivity index (χ3v) is 4.95. The Balaban J connectivity index is 1.78. The Bertz CT molecular complexity index is 530. The summed E-state index contributed by atoms with van der Waals surface area (Å²) in [5.41, 5.74) is 0. The number of benzene rings is 1. The monoisotopic (exact) mass is 317 g/mol. The van der Waals surface area contributed by atoms with Gasteiger partial charge in [0.25, 0.3) is 0 Å². The maximum atomic E-state index is 12.0. The van der Waals surface area contributed by atoms with Crippen molar-refractivity contribution in [2.45, 2.75) is 11.3 Å². The van der Waals surface area contributed by atoms with Crippen molar-refractivity contribution < 1.29 is 8.42 Å². The van der Waals surface area contributed by atoms with Crippen molar-refractivity contribution in [2.24, 2.45) is 0 Å². The van der Waals surface area contributed by atoms with Crippen LogP contribution in [0.5, 0.6) is 0 Å². The number of piperazine rings is 1. The molecular weight excluding hydrogens is 298 g/mol. The smallest absolute Gasteiger partial charge is 0.240 e. The molecule has 0 saturated carbocycles. The van der Waals surface area contributed by atoms with Crippen LogP contribution in [0, 0.1) is 0 Å². The summed E-state index contributed by atoms with van der Waals surface area (Å²) in [7, 11) is -3.45. The number of halogens is 1. The van der Waals surface area contributed by atoms with Gasteiger partial charge in [-0.2, -0.15) is 0 Å². The number of nitrogens with zero attached hydrogens (tertiary/aromatic N) is 1. The van der Waals surface area contributed by atoms with Gasteiger partial charge >= 0.3 is 0 Å². The van der Waals surface area contributed by atoms with Crippen LogP contribution in [0.25, 0.3) is 0 Å². The molecule has 0 aromatic heterocycles. The van der Waals surface area contributed by atoms with E-state index in [1.165, 1.54) is 6.07 Å². The van der Waals surface area contributed by atoms with E-state index in [4.69, 9.17) is 11.6 Å². The number of hydrogen-bond donors (Lipinski definition) is 2. The van der Waals surface area contributed by atoms with Crippen molar-refractivity contribution >= 4 is 21.6 Å². The highest BCUT2D eigenvalue weighted by Gasteiger charge is 2.14. The van der Waals surface area contributed by atoms with Gasteiger partial charge in [0.15, 0.2) is 0 Å². The first kappa shape index (κ1) is 15.7. The summed E-state index contributed by atoms with van der Waals surface area (Å²) in [5.74, 6) is 0. The third-order valence-electron chi connectivity index (χ3n) is 3.26. The van der Waals surface area contributed by atoms with Crippen LogP contribution in [0.3, 0.4) is 0 Å². The highest BCUT2D eigenvalue weighted by atomic mass is 35.5. The van der Waals surface area contributed by atoms with E-state index in [0.717, 1.165) is 39.1 Å². The van der Waals surface area contributed by atoms with Gasteiger partial charge in [0, 0.05) is 37.7 Å². The lowest BCUT2D eigenvalue weighted by Gasteiger charge is -2.27. The molecule has 0 amide bonds. The zero-order chi connectivity index (χ0) is 14.4. The first-order valence-electron chi connectivity index (χ1n) is 6.76. The fourth-order valence-corrected chi connectivity index (χ4v) is 3.54. The van der Waals surface area contributed by atoms with Crippen molar-refractivity contribution in [3.8, 4) is 0 Å². The van der Waals surface area contributed by atoms with E-state index in [-0.39, 0.29) is 4.90 Å². The molecule has 0 aliphatic carbocycles. The van der Waals surface area contributed by atoms with Crippen molar-refractivity contribution in [2.75, 3.05) is 39.3 Å². The van der Waals surface area contributed by atoms with Crippen LogP contribution in [-0.2, 0) is 10.0 Å². The molecule has 7 heteroatoms. The van der Waals surface area contributed by atoms with Crippen LogP contribution >= 0.6 is 11.6 Å². The van der Waals surface area contributed by atoms with E-state index in [0.29, 0.717) is 11.6 Å². The van der Waals surface area contributed by atoms with Gasteiger partial charge in [0.05, 0.1) is 4.90 Å². The van der Waals surface area contributed by atoms with Gasteiger partial charge in [-0.05, 0) is 31.2 Å². The Morgan fingerprint density at radius 1 is 1.30 bits per heavy atom. The summed E-state index contributed by atoms with van der Waals surface area (Å²) in [5, 5.41) is 3.72. The molecule has 1 aliphatic heterocycles. The second-order valence-electron chi connectivity index (χ2n) is 4.80. The minimum absolute atomic E-state index is 0.215. The van der Waals surface area contributed by atoms with Gasteiger partial charge < -0.3 is 10.2 Å². The molecule has 1 heterocycles. The zero-order valence-corrected chi connectivity index (χ0v) is 12.9. The van der Waals surface area contributed by atoms with Crippen molar-refractivity contribution in [3.63, 3.8) is 0 Å². The minimum atomic E-state index is -3.45. The van der Waals surface area contributed by atoms with Crippen LogP contribution in [-0.4, -0.2) is 52.6 Å². The van der Waals surface area contributed by atoms with E-state index in [2.05, 4.69) is 14.9 Å². The lowest BCUT2D eigenvalue weighted by Crippen LogP contribution is -2.44. The second-order valence-corrected chi connectivity index (χ2v) is 7.00. The van der Waals surface area contributed by atoms with Gasteiger partial charge in [-0.3, -0.25) is 0 Å². The first-order valence-corrected chi connectivity index (χ1v) is 8.62. The van der Waals surface area contributed by atoms with Gasteiger partial charge in [0.1, 0.15) is 0 Å². The highest BCUT2D eigenvalue weighted by Crippen LogP contribution is 2.15.